The lowest BCUT2D eigenvalue weighted by Gasteiger charge is -2.35. The maximum Gasteiger partial charge on any atom is 0.251 e. The SMILES string of the molecule is COc1ccc(CNC(=O)[C@@H](C)N2CCC(NC(=O)c3ccccc3)CC2)cc1. The van der Waals surface area contributed by atoms with Gasteiger partial charge in [0.15, 0.2) is 0 Å². The fourth-order valence-corrected chi connectivity index (χ4v) is 3.54. The van der Waals surface area contributed by atoms with E-state index >= 15 is 0 Å². The van der Waals surface area contributed by atoms with Crippen molar-refractivity contribution in [3.63, 3.8) is 0 Å². The molecule has 0 radical (unpaired) electrons. The summed E-state index contributed by atoms with van der Waals surface area (Å²) in [5.74, 6) is 0.789. The zero-order valence-corrected chi connectivity index (χ0v) is 17.1. The summed E-state index contributed by atoms with van der Waals surface area (Å²) in [5, 5.41) is 6.11. The Bertz CT molecular complexity index is 800. The predicted octanol–water partition coefficient (Wildman–Crippen LogP) is 2.59. The van der Waals surface area contributed by atoms with Crippen LogP contribution in [0.2, 0.25) is 0 Å². The zero-order chi connectivity index (χ0) is 20.6. The third-order valence-corrected chi connectivity index (χ3v) is 5.45. The molecule has 154 valence electrons. The van der Waals surface area contributed by atoms with Crippen molar-refractivity contribution in [3.05, 3.63) is 65.7 Å². The normalized spacial score (nSPS) is 16.1. The molecule has 6 heteroatoms. The van der Waals surface area contributed by atoms with Gasteiger partial charge in [-0.05, 0) is 49.6 Å². The van der Waals surface area contributed by atoms with Crippen molar-refractivity contribution < 1.29 is 14.3 Å². The fraction of sp³-hybridized carbons (Fsp3) is 0.391. The third kappa shape index (κ3) is 5.81. The molecule has 0 aliphatic carbocycles. The summed E-state index contributed by atoms with van der Waals surface area (Å²) in [6.45, 7) is 4.01. The Morgan fingerprint density at radius 3 is 2.34 bits per heavy atom. The number of carbonyl (C=O) groups is 2. The maximum absolute atomic E-state index is 12.5. The van der Waals surface area contributed by atoms with Crippen molar-refractivity contribution in [3.8, 4) is 5.75 Å². The van der Waals surface area contributed by atoms with Gasteiger partial charge in [-0.3, -0.25) is 14.5 Å². The number of amides is 2. The molecule has 3 rings (SSSR count). The quantitative estimate of drug-likeness (QED) is 0.756. The first-order chi connectivity index (χ1) is 14.1. The number of methoxy groups -OCH3 is 1. The van der Waals surface area contributed by atoms with E-state index < -0.39 is 0 Å². The molecular formula is C23H29N3O3. The molecule has 1 aliphatic heterocycles. The molecule has 0 aromatic heterocycles. The van der Waals surface area contributed by atoms with Crippen molar-refractivity contribution >= 4 is 11.8 Å². The summed E-state index contributed by atoms with van der Waals surface area (Å²) in [5.41, 5.74) is 1.72. The molecule has 2 N–H and O–H groups in total. The number of likely N-dealkylation sites (tertiary alicyclic amines) is 1. The number of hydrogen-bond donors (Lipinski definition) is 2. The molecule has 2 aromatic rings. The highest BCUT2D eigenvalue weighted by atomic mass is 16.5. The van der Waals surface area contributed by atoms with Gasteiger partial charge < -0.3 is 15.4 Å². The van der Waals surface area contributed by atoms with Crippen LogP contribution in [-0.4, -0.2) is 49.0 Å². The van der Waals surface area contributed by atoms with Crippen LogP contribution in [0.4, 0.5) is 0 Å². The van der Waals surface area contributed by atoms with Gasteiger partial charge in [-0.25, -0.2) is 0 Å². The van der Waals surface area contributed by atoms with Gasteiger partial charge in [0.25, 0.3) is 5.91 Å². The Kier molecular flexibility index (Phi) is 7.25. The minimum atomic E-state index is -0.195. The second-order valence-corrected chi connectivity index (χ2v) is 7.39. The van der Waals surface area contributed by atoms with Gasteiger partial charge in [0.2, 0.25) is 5.91 Å². The van der Waals surface area contributed by atoms with Crippen LogP contribution in [-0.2, 0) is 11.3 Å². The van der Waals surface area contributed by atoms with Gasteiger partial charge in [0.1, 0.15) is 5.75 Å². The highest BCUT2D eigenvalue weighted by Crippen LogP contribution is 2.15. The Balaban J connectivity index is 1.42. The van der Waals surface area contributed by atoms with E-state index in [1.807, 2.05) is 61.5 Å². The van der Waals surface area contributed by atoms with E-state index in [0.29, 0.717) is 12.1 Å². The molecule has 6 nitrogen and oxygen atoms in total. The Hall–Kier alpha value is -2.86. The predicted molar refractivity (Wildman–Crippen MR) is 113 cm³/mol. The van der Waals surface area contributed by atoms with E-state index in [2.05, 4.69) is 15.5 Å². The van der Waals surface area contributed by atoms with Crippen molar-refractivity contribution in [2.24, 2.45) is 0 Å². The first kappa shape index (κ1) is 20.9. The molecule has 2 aromatic carbocycles. The van der Waals surface area contributed by atoms with E-state index in [0.717, 1.165) is 37.2 Å². The zero-order valence-electron chi connectivity index (χ0n) is 17.1. The van der Waals surface area contributed by atoms with Crippen LogP contribution in [0.5, 0.6) is 5.75 Å². The third-order valence-electron chi connectivity index (χ3n) is 5.45. The minimum Gasteiger partial charge on any atom is -0.497 e. The van der Waals surface area contributed by atoms with Crippen LogP contribution < -0.4 is 15.4 Å². The van der Waals surface area contributed by atoms with Gasteiger partial charge in [0, 0.05) is 31.2 Å². The molecule has 1 heterocycles. The van der Waals surface area contributed by atoms with Crippen LogP contribution in [0.25, 0.3) is 0 Å². The molecule has 0 spiro atoms. The summed E-state index contributed by atoms with van der Waals surface area (Å²) in [6.07, 6.45) is 1.68. The summed E-state index contributed by atoms with van der Waals surface area (Å²) in [4.78, 5) is 27.0. The molecule has 0 unspecified atom stereocenters. The largest absolute Gasteiger partial charge is 0.497 e. The smallest absolute Gasteiger partial charge is 0.251 e. The van der Waals surface area contributed by atoms with E-state index in [1.54, 1.807) is 7.11 Å². The van der Waals surface area contributed by atoms with Crippen LogP contribution >= 0.6 is 0 Å². The van der Waals surface area contributed by atoms with Crippen molar-refractivity contribution in [2.75, 3.05) is 20.2 Å². The Morgan fingerprint density at radius 1 is 1.07 bits per heavy atom. The van der Waals surface area contributed by atoms with Crippen molar-refractivity contribution in [2.45, 2.75) is 38.4 Å². The molecule has 0 saturated carbocycles. The van der Waals surface area contributed by atoms with Gasteiger partial charge in [-0.2, -0.15) is 0 Å². The number of piperidine rings is 1. The highest BCUT2D eigenvalue weighted by Gasteiger charge is 2.27. The number of ether oxygens (including phenoxy) is 1. The molecule has 1 fully saturated rings. The lowest BCUT2D eigenvalue weighted by Crippen LogP contribution is -2.51. The number of nitrogens with one attached hydrogen (secondary N) is 2. The standard InChI is InChI=1S/C23H29N3O3/c1-17(22(27)24-16-18-8-10-21(29-2)11-9-18)26-14-12-20(13-15-26)25-23(28)19-6-4-3-5-7-19/h3-11,17,20H,12-16H2,1-2H3,(H,24,27)(H,25,28)/t17-/m1/s1. The molecular weight excluding hydrogens is 366 g/mol. The average molecular weight is 396 g/mol. The fourth-order valence-electron chi connectivity index (χ4n) is 3.54. The van der Waals surface area contributed by atoms with Gasteiger partial charge in [-0.15, -0.1) is 0 Å². The molecule has 2 amide bonds. The average Bonchev–Trinajstić information content (AvgIpc) is 2.78. The molecule has 1 aliphatic rings. The molecule has 1 saturated heterocycles. The number of carbonyl (C=O) groups excluding carboxylic acids is 2. The second kappa shape index (κ2) is 10.1. The maximum atomic E-state index is 12.5. The number of nitrogens with zero attached hydrogens (tertiary/aromatic N) is 1. The van der Waals surface area contributed by atoms with Crippen molar-refractivity contribution in [1.82, 2.24) is 15.5 Å². The van der Waals surface area contributed by atoms with Crippen LogP contribution in [0.15, 0.2) is 54.6 Å². The Morgan fingerprint density at radius 2 is 1.72 bits per heavy atom. The van der Waals surface area contributed by atoms with E-state index in [1.165, 1.54) is 0 Å². The second-order valence-electron chi connectivity index (χ2n) is 7.39. The van der Waals surface area contributed by atoms with E-state index in [-0.39, 0.29) is 23.9 Å². The van der Waals surface area contributed by atoms with E-state index in [4.69, 9.17) is 4.74 Å². The monoisotopic (exact) mass is 395 g/mol. The van der Waals surface area contributed by atoms with Gasteiger partial charge >= 0.3 is 0 Å². The number of benzene rings is 2. The first-order valence-electron chi connectivity index (χ1n) is 10.1. The lowest BCUT2D eigenvalue weighted by molar-refractivity contribution is -0.126. The van der Waals surface area contributed by atoms with Crippen LogP contribution in [0.3, 0.4) is 0 Å². The number of rotatable bonds is 7. The summed E-state index contributed by atoms with van der Waals surface area (Å²) in [6, 6.07) is 16.9. The van der Waals surface area contributed by atoms with Crippen LogP contribution in [0, 0.1) is 0 Å². The summed E-state index contributed by atoms with van der Waals surface area (Å²) in [7, 11) is 1.63. The van der Waals surface area contributed by atoms with Crippen molar-refractivity contribution in [1.29, 1.82) is 0 Å². The summed E-state index contributed by atoms with van der Waals surface area (Å²) >= 11 is 0. The van der Waals surface area contributed by atoms with Gasteiger partial charge in [0.05, 0.1) is 13.2 Å². The highest BCUT2D eigenvalue weighted by molar-refractivity contribution is 5.94. The summed E-state index contributed by atoms with van der Waals surface area (Å²) < 4.78 is 5.15. The molecule has 29 heavy (non-hydrogen) atoms. The lowest BCUT2D eigenvalue weighted by atomic mass is 10.0. The topological polar surface area (TPSA) is 70.7 Å². The molecule has 0 bridgehead atoms. The van der Waals surface area contributed by atoms with Gasteiger partial charge in [-0.1, -0.05) is 30.3 Å². The first-order valence-corrected chi connectivity index (χ1v) is 10.1. The van der Waals surface area contributed by atoms with E-state index in [9.17, 15) is 9.59 Å². The minimum absolute atomic E-state index is 0.0209. The molecule has 1 atom stereocenters. The Labute approximate surface area is 172 Å². The van der Waals surface area contributed by atoms with Crippen LogP contribution in [0.1, 0.15) is 35.7 Å². The number of hydrogen-bond acceptors (Lipinski definition) is 4.